The first-order valence-corrected chi connectivity index (χ1v) is 4.65. The molecule has 2 aromatic rings. The van der Waals surface area contributed by atoms with E-state index in [0.717, 1.165) is 5.56 Å². The number of rotatable bonds is 0. The quantitative estimate of drug-likeness (QED) is 0.482. The number of hydrogen-bond acceptors (Lipinski definition) is 3. The Bertz CT molecular complexity index is 387. The molecule has 2 rings (SSSR count). The first-order chi connectivity index (χ1) is 7.18. The van der Waals surface area contributed by atoms with E-state index in [9.17, 15) is 0 Å². The molecule has 0 unspecified atom stereocenters. The molecular formula is C12H14KN3. The van der Waals surface area contributed by atoms with Gasteiger partial charge in [-0.1, -0.05) is 19.3 Å². The van der Waals surface area contributed by atoms with Crippen LogP contribution in [-0.4, -0.2) is 9.97 Å². The van der Waals surface area contributed by atoms with Gasteiger partial charge in [-0.25, -0.2) is 4.98 Å². The minimum Gasteiger partial charge on any atom is -0.394 e. The second kappa shape index (κ2) is 8.84. The van der Waals surface area contributed by atoms with Crippen molar-refractivity contribution in [2.75, 3.05) is 5.73 Å². The second-order valence-electron chi connectivity index (χ2n) is 3.22. The molecule has 0 amide bonds. The normalized spacial score (nSPS) is 8.38. The Balaban J connectivity index is 0.000000267. The molecule has 0 fully saturated rings. The fourth-order valence-corrected chi connectivity index (χ4v) is 0.953. The van der Waals surface area contributed by atoms with Crippen molar-refractivity contribution < 1.29 is 51.4 Å². The summed E-state index contributed by atoms with van der Waals surface area (Å²) in [5.41, 5.74) is 7.68. The zero-order valence-corrected chi connectivity index (χ0v) is 13.1. The number of nitrogen functional groups attached to an aromatic ring is 1. The molecule has 16 heavy (non-hydrogen) atoms. The van der Waals surface area contributed by atoms with Crippen molar-refractivity contribution in [2.24, 2.45) is 0 Å². The molecule has 0 aliphatic heterocycles. The SMILES string of the molecule is Cc1cc[c-]nc1.Cc1ccnc(N)c1.[K+]. The Morgan fingerprint density at radius 1 is 1.19 bits per heavy atom. The minimum atomic E-state index is 0. The van der Waals surface area contributed by atoms with E-state index in [-0.39, 0.29) is 51.4 Å². The molecule has 0 saturated carbocycles. The van der Waals surface area contributed by atoms with Gasteiger partial charge in [-0.2, -0.15) is 12.1 Å². The third kappa shape index (κ3) is 7.08. The Morgan fingerprint density at radius 3 is 2.25 bits per heavy atom. The first kappa shape index (κ1) is 15.7. The largest absolute Gasteiger partial charge is 1.00 e. The number of pyridine rings is 2. The van der Waals surface area contributed by atoms with Gasteiger partial charge >= 0.3 is 51.4 Å². The molecule has 4 heteroatoms. The topological polar surface area (TPSA) is 51.8 Å². The van der Waals surface area contributed by atoms with Gasteiger partial charge in [0.25, 0.3) is 0 Å². The van der Waals surface area contributed by atoms with Crippen molar-refractivity contribution in [3.05, 3.63) is 54.0 Å². The molecule has 78 valence electrons. The van der Waals surface area contributed by atoms with Crippen LogP contribution in [0.5, 0.6) is 0 Å². The van der Waals surface area contributed by atoms with Crippen molar-refractivity contribution in [1.82, 2.24) is 9.97 Å². The van der Waals surface area contributed by atoms with Gasteiger partial charge in [-0.05, 0) is 24.6 Å². The summed E-state index contributed by atoms with van der Waals surface area (Å²) in [4.78, 5) is 7.58. The summed E-state index contributed by atoms with van der Waals surface area (Å²) >= 11 is 0. The fourth-order valence-electron chi connectivity index (χ4n) is 0.953. The third-order valence-corrected chi connectivity index (χ3v) is 1.70. The molecule has 2 aromatic heterocycles. The average molecular weight is 239 g/mol. The van der Waals surface area contributed by atoms with E-state index in [1.165, 1.54) is 5.56 Å². The Morgan fingerprint density at radius 2 is 1.94 bits per heavy atom. The van der Waals surface area contributed by atoms with Gasteiger partial charge in [-0.3, -0.25) is 0 Å². The molecule has 0 aliphatic carbocycles. The van der Waals surface area contributed by atoms with E-state index in [0.29, 0.717) is 5.82 Å². The number of nitrogens with two attached hydrogens (primary N) is 1. The zero-order valence-electron chi connectivity index (χ0n) is 9.94. The fraction of sp³-hybridized carbons (Fsp3) is 0.167. The monoisotopic (exact) mass is 239 g/mol. The van der Waals surface area contributed by atoms with Crippen molar-refractivity contribution in [3.63, 3.8) is 0 Å². The molecule has 0 aromatic carbocycles. The van der Waals surface area contributed by atoms with E-state index in [1.807, 2.05) is 32.0 Å². The minimum absolute atomic E-state index is 0. The smallest absolute Gasteiger partial charge is 0.394 e. The number of anilines is 1. The molecule has 2 heterocycles. The number of aromatic nitrogens is 2. The van der Waals surface area contributed by atoms with Gasteiger partial charge in [0.2, 0.25) is 0 Å². The Labute approximate surface area is 139 Å². The summed E-state index contributed by atoms with van der Waals surface area (Å²) in [6, 6.07) is 7.51. The van der Waals surface area contributed by atoms with Crippen LogP contribution in [0.25, 0.3) is 0 Å². The van der Waals surface area contributed by atoms with Gasteiger partial charge in [-0.15, -0.1) is 5.56 Å². The van der Waals surface area contributed by atoms with Crippen LogP contribution < -0.4 is 57.1 Å². The maximum atomic E-state index is 5.35. The van der Waals surface area contributed by atoms with Crippen molar-refractivity contribution in [3.8, 4) is 0 Å². The molecule has 0 spiro atoms. The maximum absolute atomic E-state index is 5.35. The van der Waals surface area contributed by atoms with Crippen LogP contribution >= 0.6 is 0 Å². The molecule has 3 nitrogen and oxygen atoms in total. The van der Waals surface area contributed by atoms with E-state index in [1.54, 1.807) is 18.5 Å². The van der Waals surface area contributed by atoms with Crippen LogP contribution in [0.3, 0.4) is 0 Å². The van der Waals surface area contributed by atoms with Crippen LogP contribution in [0.4, 0.5) is 5.82 Å². The number of nitrogens with zero attached hydrogens (tertiary/aromatic N) is 2. The molecular weight excluding hydrogens is 225 g/mol. The van der Waals surface area contributed by atoms with Crippen LogP contribution in [0.2, 0.25) is 0 Å². The molecule has 0 atom stereocenters. The van der Waals surface area contributed by atoms with Crippen LogP contribution in [0, 0.1) is 20.0 Å². The van der Waals surface area contributed by atoms with E-state index >= 15 is 0 Å². The van der Waals surface area contributed by atoms with E-state index in [4.69, 9.17) is 5.73 Å². The molecule has 0 radical (unpaired) electrons. The van der Waals surface area contributed by atoms with Crippen LogP contribution in [0.15, 0.2) is 36.7 Å². The van der Waals surface area contributed by atoms with Crippen LogP contribution in [0.1, 0.15) is 11.1 Å². The number of hydrogen-bond donors (Lipinski definition) is 1. The van der Waals surface area contributed by atoms with Gasteiger partial charge in [0.15, 0.2) is 0 Å². The summed E-state index contributed by atoms with van der Waals surface area (Å²) < 4.78 is 0. The number of aryl methyl sites for hydroxylation is 2. The summed E-state index contributed by atoms with van der Waals surface area (Å²) in [6.07, 6.45) is 6.16. The second-order valence-corrected chi connectivity index (χ2v) is 3.22. The van der Waals surface area contributed by atoms with Gasteiger partial charge in [0.1, 0.15) is 5.82 Å². The van der Waals surface area contributed by atoms with E-state index < -0.39 is 0 Å². The Hall–Kier alpha value is -0.264. The predicted octanol–water partition coefficient (Wildman–Crippen LogP) is -0.834. The standard InChI is InChI=1S/C6H8N2.C6H6N.K/c1-5-2-3-8-6(7)4-5;1-6-3-2-4-7-5-6;/h2-4H,1H3,(H2,7,8);2-3,5H,1H3;/q;-1;+1. The van der Waals surface area contributed by atoms with E-state index in [2.05, 4.69) is 16.2 Å². The van der Waals surface area contributed by atoms with Gasteiger partial charge in [0, 0.05) is 6.20 Å². The Kier molecular flexibility index (Phi) is 8.69. The average Bonchev–Trinajstić information content (AvgIpc) is 2.19. The summed E-state index contributed by atoms with van der Waals surface area (Å²) in [6.45, 7) is 3.99. The van der Waals surface area contributed by atoms with Gasteiger partial charge < -0.3 is 10.7 Å². The first-order valence-electron chi connectivity index (χ1n) is 4.65. The molecule has 2 N–H and O–H groups in total. The van der Waals surface area contributed by atoms with Crippen molar-refractivity contribution >= 4 is 5.82 Å². The van der Waals surface area contributed by atoms with Crippen molar-refractivity contribution in [2.45, 2.75) is 13.8 Å². The zero-order chi connectivity index (χ0) is 11.1. The van der Waals surface area contributed by atoms with Gasteiger partial charge in [0.05, 0.1) is 0 Å². The summed E-state index contributed by atoms with van der Waals surface area (Å²) in [5, 5.41) is 0. The van der Waals surface area contributed by atoms with Crippen LogP contribution in [-0.2, 0) is 0 Å². The molecule has 0 aliphatic rings. The summed E-state index contributed by atoms with van der Waals surface area (Å²) in [7, 11) is 0. The predicted molar refractivity (Wildman–Crippen MR) is 61.2 cm³/mol. The molecule has 0 saturated heterocycles. The third-order valence-electron chi connectivity index (χ3n) is 1.70. The maximum Gasteiger partial charge on any atom is 1.00 e. The van der Waals surface area contributed by atoms with Crippen molar-refractivity contribution in [1.29, 1.82) is 0 Å². The molecule has 0 bridgehead atoms. The summed E-state index contributed by atoms with van der Waals surface area (Å²) in [5.74, 6) is 0.588.